The van der Waals surface area contributed by atoms with Gasteiger partial charge in [0.15, 0.2) is 0 Å². The van der Waals surface area contributed by atoms with Gasteiger partial charge in [-0.1, -0.05) is 55.8 Å². The molecule has 2 aromatic carbocycles. The van der Waals surface area contributed by atoms with Crippen molar-refractivity contribution in [3.05, 3.63) is 65.2 Å². The average Bonchev–Trinajstić information content (AvgIpc) is 2.64. The van der Waals surface area contributed by atoms with Crippen molar-refractivity contribution in [1.29, 1.82) is 0 Å². The van der Waals surface area contributed by atoms with Crippen molar-refractivity contribution in [2.75, 3.05) is 31.5 Å². The highest BCUT2D eigenvalue weighted by Crippen LogP contribution is 2.32. The van der Waals surface area contributed by atoms with Gasteiger partial charge < -0.3 is 15.1 Å². The van der Waals surface area contributed by atoms with Gasteiger partial charge in [0.1, 0.15) is 6.17 Å². The number of benzene rings is 2. The first-order valence-corrected chi connectivity index (χ1v) is 9.09. The van der Waals surface area contributed by atoms with Gasteiger partial charge in [0.25, 0.3) is 5.91 Å². The highest BCUT2D eigenvalue weighted by atomic mass is 16.2. The van der Waals surface area contributed by atoms with Gasteiger partial charge in [0.05, 0.1) is 5.56 Å². The van der Waals surface area contributed by atoms with Crippen molar-refractivity contribution in [1.82, 2.24) is 9.80 Å². The number of fused-ring (bicyclic) bond motifs is 1. The summed E-state index contributed by atoms with van der Waals surface area (Å²) in [4.78, 5) is 17.4. The fourth-order valence-corrected chi connectivity index (χ4v) is 3.32. The first-order chi connectivity index (χ1) is 12.1. The molecule has 0 spiro atoms. The number of carbonyl (C=O) groups is 1. The molecule has 4 heteroatoms. The van der Waals surface area contributed by atoms with Crippen LogP contribution < -0.4 is 5.32 Å². The zero-order valence-corrected chi connectivity index (χ0v) is 15.3. The lowest BCUT2D eigenvalue weighted by molar-refractivity contribution is 0.0660. The van der Waals surface area contributed by atoms with Crippen LogP contribution in [0.1, 0.15) is 41.5 Å². The van der Waals surface area contributed by atoms with E-state index < -0.39 is 0 Å². The van der Waals surface area contributed by atoms with Crippen molar-refractivity contribution in [3.63, 3.8) is 0 Å². The summed E-state index contributed by atoms with van der Waals surface area (Å²) in [5.74, 6) is 0.104. The van der Waals surface area contributed by atoms with Gasteiger partial charge in [-0.15, -0.1) is 0 Å². The van der Waals surface area contributed by atoms with Gasteiger partial charge in [0.2, 0.25) is 0 Å². The summed E-state index contributed by atoms with van der Waals surface area (Å²) in [5, 5.41) is 3.56. The number of likely N-dealkylation sites (N-methyl/N-ethyl adjacent to an activating group) is 1. The molecule has 0 bridgehead atoms. The summed E-state index contributed by atoms with van der Waals surface area (Å²) in [6.45, 7) is 9.98. The van der Waals surface area contributed by atoms with Gasteiger partial charge in [-0.05, 0) is 37.7 Å². The molecule has 1 aliphatic rings. The Morgan fingerprint density at radius 1 is 1.04 bits per heavy atom. The summed E-state index contributed by atoms with van der Waals surface area (Å²) >= 11 is 0. The third kappa shape index (κ3) is 3.69. The van der Waals surface area contributed by atoms with E-state index in [1.807, 2.05) is 29.2 Å². The summed E-state index contributed by atoms with van der Waals surface area (Å²) in [7, 11) is 0. The zero-order valence-electron chi connectivity index (χ0n) is 15.3. The second-order valence-electron chi connectivity index (χ2n) is 6.53. The van der Waals surface area contributed by atoms with Crippen LogP contribution in [0.2, 0.25) is 0 Å². The fourth-order valence-electron chi connectivity index (χ4n) is 3.32. The van der Waals surface area contributed by atoms with Gasteiger partial charge in [-0.2, -0.15) is 0 Å². The molecule has 1 heterocycles. The molecule has 1 aliphatic heterocycles. The molecule has 4 nitrogen and oxygen atoms in total. The van der Waals surface area contributed by atoms with Crippen LogP contribution in [0.5, 0.6) is 0 Å². The minimum absolute atomic E-state index is 0.104. The van der Waals surface area contributed by atoms with E-state index in [1.165, 1.54) is 5.56 Å². The largest absolute Gasteiger partial charge is 0.361 e. The number of carbonyl (C=O) groups excluding carboxylic acids is 1. The van der Waals surface area contributed by atoms with Crippen LogP contribution in [0.3, 0.4) is 0 Å². The number of nitrogens with zero attached hydrogens (tertiary/aromatic N) is 2. The monoisotopic (exact) mass is 337 g/mol. The van der Waals surface area contributed by atoms with Crippen LogP contribution in [0.15, 0.2) is 48.5 Å². The van der Waals surface area contributed by atoms with Gasteiger partial charge in [-0.25, -0.2) is 0 Å². The van der Waals surface area contributed by atoms with Crippen LogP contribution in [0.25, 0.3) is 0 Å². The maximum Gasteiger partial charge on any atom is 0.257 e. The van der Waals surface area contributed by atoms with Crippen LogP contribution in [-0.4, -0.2) is 41.9 Å². The number of anilines is 1. The maximum atomic E-state index is 13.1. The van der Waals surface area contributed by atoms with Crippen molar-refractivity contribution in [2.24, 2.45) is 0 Å². The molecule has 3 rings (SSSR count). The predicted molar refractivity (Wildman–Crippen MR) is 103 cm³/mol. The summed E-state index contributed by atoms with van der Waals surface area (Å²) in [5.41, 5.74) is 4.01. The van der Waals surface area contributed by atoms with Gasteiger partial charge >= 0.3 is 0 Å². The Morgan fingerprint density at radius 3 is 2.40 bits per heavy atom. The minimum atomic E-state index is -0.126. The summed E-state index contributed by atoms with van der Waals surface area (Å²) < 4.78 is 0. The quantitative estimate of drug-likeness (QED) is 0.868. The van der Waals surface area contributed by atoms with Crippen molar-refractivity contribution >= 4 is 11.6 Å². The SMILES string of the molecule is CCN(CC)CCN1C(=O)c2ccccc2N[C@@H]1c1ccc(C)cc1. The summed E-state index contributed by atoms with van der Waals surface area (Å²) in [6, 6.07) is 16.2. The molecule has 0 aromatic heterocycles. The predicted octanol–water partition coefficient (Wildman–Crippen LogP) is 3.90. The number of amides is 1. The van der Waals surface area contributed by atoms with Crippen molar-refractivity contribution < 1.29 is 4.79 Å². The fraction of sp³-hybridized carbons (Fsp3) is 0.381. The lowest BCUT2D eigenvalue weighted by Gasteiger charge is -2.39. The Kier molecular flexibility index (Phi) is 5.39. The molecule has 1 amide bonds. The lowest BCUT2D eigenvalue weighted by atomic mass is 10.0. The molecule has 1 atom stereocenters. The van der Waals surface area contributed by atoms with Gasteiger partial charge in [-0.3, -0.25) is 4.79 Å². The average molecular weight is 337 g/mol. The molecule has 1 N–H and O–H groups in total. The van der Waals surface area contributed by atoms with Crippen LogP contribution in [-0.2, 0) is 0 Å². The number of rotatable bonds is 6. The first-order valence-electron chi connectivity index (χ1n) is 9.09. The van der Waals surface area contributed by atoms with Crippen molar-refractivity contribution in [3.8, 4) is 0 Å². The standard InChI is InChI=1S/C21H27N3O/c1-4-23(5-2)14-15-24-20(17-12-10-16(3)11-13-17)22-19-9-7-6-8-18(19)21(24)25/h6-13,20,22H,4-5,14-15H2,1-3H3/t20-/m0/s1. The van der Waals surface area contributed by atoms with E-state index in [1.54, 1.807) is 0 Å². The Bertz CT molecular complexity index is 722. The van der Waals surface area contributed by atoms with Crippen LogP contribution in [0.4, 0.5) is 5.69 Å². The minimum Gasteiger partial charge on any atom is -0.361 e. The van der Waals surface area contributed by atoms with Gasteiger partial charge in [0, 0.05) is 18.8 Å². The van der Waals surface area contributed by atoms with Crippen LogP contribution >= 0.6 is 0 Å². The highest BCUT2D eigenvalue weighted by Gasteiger charge is 2.32. The highest BCUT2D eigenvalue weighted by molar-refractivity contribution is 6.01. The van der Waals surface area contributed by atoms with E-state index in [9.17, 15) is 4.79 Å². The topological polar surface area (TPSA) is 35.6 Å². The second-order valence-corrected chi connectivity index (χ2v) is 6.53. The molecule has 25 heavy (non-hydrogen) atoms. The third-order valence-corrected chi connectivity index (χ3v) is 4.97. The van der Waals surface area contributed by atoms with E-state index >= 15 is 0 Å². The first kappa shape index (κ1) is 17.5. The Labute approximate surface area is 150 Å². The molecular weight excluding hydrogens is 310 g/mol. The number of nitrogens with one attached hydrogen (secondary N) is 1. The number of para-hydroxylation sites is 1. The number of hydrogen-bond donors (Lipinski definition) is 1. The van der Waals surface area contributed by atoms with E-state index in [4.69, 9.17) is 0 Å². The Balaban J connectivity index is 1.91. The molecule has 0 saturated heterocycles. The Hall–Kier alpha value is -2.33. The maximum absolute atomic E-state index is 13.1. The molecule has 0 saturated carbocycles. The Morgan fingerprint density at radius 2 is 1.72 bits per heavy atom. The molecule has 0 radical (unpaired) electrons. The molecular formula is C21H27N3O. The third-order valence-electron chi connectivity index (χ3n) is 4.97. The molecule has 0 unspecified atom stereocenters. The number of hydrogen-bond acceptors (Lipinski definition) is 3. The summed E-state index contributed by atoms with van der Waals surface area (Å²) in [6.07, 6.45) is -0.126. The zero-order chi connectivity index (χ0) is 17.8. The molecule has 2 aromatic rings. The number of aryl methyl sites for hydroxylation is 1. The second kappa shape index (κ2) is 7.70. The molecule has 132 valence electrons. The molecule has 0 fully saturated rings. The van der Waals surface area contributed by atoms with E-state index in [-0.39, 0.29) is 12.1 Å². The van der Waals surface area contributed by atoms with E-state index in [0.717, 1.165) is 36.4 Å². The van der Waals surface area contributed by atoms with E-state index in [0.29, 0.717) is 6.54 Å². The van der Waals surface area contributed by atoms with Crippen LogP contribution in [0, 0.1) is 6.92 Å². The molecule has 0 aliphatic carbocycles. The van der Waals surface area contributed by atoms with E-state index in [2.05, 4.69) is 55.3 Å². The normalized spacial score (nSPS) is 16.7. The van der Waals surface area contributed by atoms with Crippen molar-refractivity contribution in [2.45, 2.75) is 26.9 Å². The lowest BCUT2D eigenvalue weighted by Crippen LogP contribution is -2.46. The smallest absolute Gasteiger partial charge is 0.257 e.